The quantitative estimate of drug-likeness (QED) is 0.829. The largest absolute Gasteiger partial charge is 0.495 e. The zero-order valence-corrected chi connectivity index (χ0v) is 11.8. The third-order valence-electron chi connectivity index (χ3n) is 3.09. The number of para-hydroxylation sites is 2. The summed E-state index contributed by atoms with van der Waals surface area (Å²) in [6.45, 7) is 0. The molecule has 0 aliphatic heterocycles. The van der Waals surface area contributed by atoms with Gasteiger partial charge in [0.15, 0.2) is 0 Å². The number of methoxy groups -OCH3 is 1. The molecule has 0 heterocycles. The molecule has 0 spiro atoms. The summed E-state index contributed by atoms with van der Waals surface area (Å²) in [5.74, 6) is -0.526. The normalized spacial score (nSPS) is 9.95. The molecule has 0 saturated heterocycles. The number of carbonyl (C=O) groups excluding carboxylic acids is 2. The van der Waals surface area contributed by atoms with Crippen molar-refractivity contribution in [3.63, 3.8) is 0 Å². The minimum absolute atomic E-state index is 0.186. The Morgan fingerprint density at radius 3 is 2.38 bits per heavy atom. The van der Waals surface area contributed by atoms with E-state index in [2.05, 4.69) is 5.32 Å². The van der Waals surface area contributed by atoms with Crippen LogP contribution in [0.1, 0.15) is 12.0 Å². The summed E-state index contributed by atoms with van der Waals surface area (Å²) in [5, 5.41) is 2.58. The molecule has 21 heavy (non-hydrogen) atoms. The molecular weight excluding hydrogens is 266 g/mol. The van der Waals surface area contributed by atoms with E-state index in [4.69, 9.17) is 4.74 Å². The Bertz CT molecular complexity index is 623. The molecule has 2 rings (SSSR count). The van der Waals surface area contributed by atoms with Gasteiger partial charge in [-0.1, -0.05) is 42.5 Å². The van der Waals surface area contributed by atoms with E-state index in [0.717, 1.165) is 5.56 Å². The van der Waals surface area contributed by atoms with Gasteiger partial charge in [-0.15, -0.1) is 0 Å². The van der Waals surface area contributed by atoms with E-state index in [1.165, 1.54) is 7.11 Å². The van der Waals surface area contributed by atoms with Crippen LogP contribution in [0.2, 0.25) is 0 Å². The number of hydrogen-bond donors (Lipinski definition) is 1. The number of nitrogens with one attached hydrogen (secondary N) is 1. The van der Waals surface area contributed by atoms with Gasteiger partial charge in [0.25, 0.3) is 5.91 Å². The topological polar surface area (TPSA) is 55.4 Å². The highest BCUT2D eigenvalue weighted by atomic mass is 16.5. The fourth-order valence-corrected chi connectivity index (χ4v) is 1.96. The monoisotopic (exact) mass is 283 g/mol. The minimum Gasteiger partial charge on any atom is -0.495 e. The molecule has 108 valence electrons. The van der Waals surface area contributed by atoms with Crippen LogP contribution in [0, 0.1) is 0 Å². The van der Waals surface area contributed by atoms with E-state index < -0.39 is 11.7 Å². The van der Waals surface area contributed by atoms with Crippen molar-refractivity contribution in [2.75, 3.05) is 12.4 Å². The Hall–Kier alpha value is -2.62. The molecule has 0 saturated carbocycles. The summed E-state index contributed by atoms with van der Waals surface area (Å²) in [6, 6.07) is 16.6. The average molecular weight is 283 g/mol. The Balaban J connectivity index is 1.92. The number of ketones is 1. The number of amides is 1. The maximum atomic E-state index is 11.9. The van der Waals surface area contributed by atoms with Crippen LogP contribution in [0.25, 0.3) is 0 Å². The van der Waals surface area contributed by atoms with E-state index in [-0.39, 0.29) is 6.42 Å². The van der Waals surface area contributed by atoms with E-state index in [0.29, 0.717) is 17.9 Å². The number of hydrogen-bond acceptors (Lipinski definition) is 3. The third-order valence-corrected chi connectivity index (χ3v) is 3.09. The molecule has 4 nitrogen and oxygen atoms in total. The number of Topliss-reactive ketones (excluding diaryl/α,β-unsaturated/α-hetero) is 1. The van der Waals surface area contributed by atoms with Gasteiger partial charge in [0, 0.05) is 6.42 Å². The van der Waals surface area contributed by atoms with E-state index in [1.807, 2.05) is 30.3 Å². The molecule has 0 aliphatic carbocycles. The van der Waals surface area contributed by atoms with E-state index in [1.54, 1.807) is 24.3 Å². The lowest BCUT2D eigenvalue weighted by atomic mass is 10.1. The van der Waals surface area contributed by atoms with Gasteiger partial charge in [-0.25, -0.2) is 0 Å². The molecule has 1 N–H and O–H groups in total. The summed E-state index contributed by atoms with van der Waals surface area (Å²) in [6.07, 6.45) is 0.740. The van der Waals surface area contributed by atoms with Crippen LogP contribution in [0.15, 0.2) is 54.6 Å². The fourth-order valence-electron chi connectivity index (χ4n) is 1.96. The van der Waals surface area contributed by atoms with Crippen molar-refractivity contribution in [1.82, 2.24) is 0 Å². The van der Waals surface area contributed by atoms with Crippen molar-refractivity contribution in [2.24, 2.45) is 0 Å². The zero-order chi connectivity index (χ0) is 15.1. The van der Waals surface area contributed by atoms with Crippen molar-refractivity contribution in [3.05, 3.63) is 60.2 Å². The number of anilines is 1. The van der Waals surface area contributed by atoms with Crippen molar-refractivity contribution in [2.45, 2.75) is 12.8 Å². The van der Waals surface area contributed by atoms with Crippen LogP contribution >= 0.6 is 0 Å². The van der Waals surface area contributed by atoms with Crippen LogP contribution < -0.4 is 10.1 Å². The van der Waals surface area contributed by atoms with Gasteiger partial charge < -0.3 is 10.1 Å². The molecule has 2 aromatic rings. The van der Waals surface area contributed by atoms with Gasteiger partial charge in [0.2, 0.25) is 5.78 Å². The lowest BCUT2D eigenvalue weighted by Crippen LogP contribution is -2.23. The maximum Gasteiger partial charge on any atom is 0.291 e. The first kappa shape index (κ1) is 14.8. The summed E-state index contributed by atoms with van der Waals surface area (Å²) >= 11 is 0. The van der Waals surface area contributed by atoms with Gasteiger partial charge in [-0.3, -0.25) is 9.59 Å². The van der Waals surface area contributed by atoms with Gasteiger partial charge in [-0.2, -0.15) is 0 Å². The highest BCUT2D eigenvalue weighted by molar-refractivity contribution is 6.40. The van der Waals surface area contributed by atoms with E-state index >= 15 is 0 Å². The van der Waals surface area contributed by atoms with Crippen molar-refractivity contribution < 1.29 is 14.3 Å². The molecule has 0 fully saturated rings. The lowest BCUT2D eigenvalue weighted by Gasteiger charge is -2.09. The summed E-state index contributed by atoms with van der Waals surface area (Å²) in [7, 11) is 1.52. The highest BCUT2D eigenvalue weighted by Crippen LogP contribution is 2.22. The predicted molar refractivity (Wildman–Crippen MR) is 81.4 cm³/mol. The molecule has 2 aromatic carbocycles. The SMILES string of the molecule is COc1ccccc1NC(=O)C(=O)CCc1ccccc1. The van der Waals surface area contributed by atoms with Crippen LogP contribution in [0.3, 0.4) is 0 Å². The van der Waals surface area contributed by atoms with Crippen LogP contribution in [-0.2, 0) is 16.0 Å². The first-order valence-corrected chi connectivity index (χ1v) is 6.72. The van der Waals surface area contributed by atoms with Crippen LogP contribution in [0.5, 0.6) is 5.75 Å². The van der Waals surface area contributed by atoms with Gasteiger partial charge in [0.05, 0.1) is 12.8 Å². The Labute approximate surface area is 123 Å². The molecule has 4 heteroatoms. The highest BCUT2D eigenvalue weighted by Gasteiger charge is 2.15. The number of rotatable bonds is 6. The van der Waals surface area contributed by atoms with Gasteiger partial charge >= 0.3 is 0 Å². The molecular formula is C17H17NO3. The van der Waals surface area contributed by atoms with Crippen LogP contribution in [-0.4, -0.2) is 18.8 Å². The number of benzene rings is 2. The lowest BCUT2D eigenvalue weighted by molar-refractivity contribution is -0.134. The Morgan fingerprint density at radius 2 is 1.67 bits per heavy atom. The Kier molecular flexibility index (Phi) is 5.10. The summed E-state index contributed by atoms with van der Waals surface area (Å²) in [4.78, 5) is 23.8. The number of carbonyl (C=O) groups is 2. The first-order chi connectivity index (χ1) is 10.2. The second-order valence-electron chi connectivity index (χ2n) is 4.56. The number of aryl methyl sites for hydroxylation is 1. The smallest absolute Gasteiger partial charge is 0.291 e. The minimum atomic E-state index is -0.615. The average Bonchev–Trinajstić information content (AvgIpc) is 2.54. The summed E-state index contributed by atoms with van der Waals surface area (Å²) in [5.41, 5.74) is 1.54. The number of ether oxygens (including phenoxy) is 1. The molecule has 1 amide bonds. The standard InChI is InChI=1S/C17H17NO3/c1-21-16-10-6-5-9-14(16)18-17(20)15(19)12-11-13-7-3-2-4-8-13/h2-10H,11-12H2,1H3,(H,18,20). The van der Waals surface area contributed by atoms with Crippen molar-refractivity contribution in [1.29, 1.82) is 0 Å². The zero-order valence-electron chi connectivity index (χ0n) is 11.8. The second-order valence-corrected chi connectivity index (χ2v) is 4.56. The molecule has 0 aromatic heterocycles. The van der Waals surface area contributed by atoms with Gasteiger partial charge in [-0.05, 0) is 24.1 Å². The van der Waals surface area contributed by atoms with Crippen LogP contribution in [0.4, 0.5) is 5.69 Å². The molecule has 0 bridgehead atoms. The molecule has 0 radical (unpaired) electrons. The summed E-state index contributed by atoms with van der Waals surface area (Å²) < 4.78 is 5.13. The second kappa shape index (κ2) is 7.24. The van der Waals surface area contributed by atoms with E-state index in [9.17, 15) is 9.59 Å². The Morgan fingerprint density at radius 1 is 1.00 bits per heavy atom. The third kappa shape index (κ3) is 4.18. The fraction of sp³-hybridized carbons (Fsp3) is 0.176. The van der Waals surface area contributed by atoms with Crippen molar-refractivity contribution >= 4 is 17.4 Å². The molecule has 0 unspecified atom stereocenters. The van der Waals surface area contributed by atoms with Crippen molar-refractivity contribution in [3.8, 4) is 5.75 Å². The molecule has 0 atom stereocenters. The predicted octanol–water partition coefficient (Wildman–Crippen LogP) is 2.84. The molecule has 0 aliphatic rings. The van der Waals surface area contributed by atoms with Gasteiger partial charge in [0.1, 0.15) is 5.75 Å². The first-order valence-electron chi connectivity index (χ1n) is 6.72. The maximum absolute atomic E-state index is 11.9.